The van der Waals surface area contributed by atoms with Crippen LogP contribution in [-0.4, -0.2) is 70.1 Å². The van der Waals surface area contributed by atoms with E-state index in [-0.39, 0.29) is 34.3 Å². The molecule has 1 aromatic heterocycles. The van der Waals surface area contributed by atoms with Gasteiger partial charge in [-0.1, -0.05) is 32.4 Å². The molecule has 0 amide bonds. The number of aromatic nitrogens is 1. The van der Waals surface area contributed by atoms with Crippen molar-refractivity contribution in [1.29, 1.82) is 0 Å². The normalized spacial score (nSPS) is 37.8. The molecule has 0 spiro atoms. The number of rotatable bonds is 5. The molecule has 8 atom stereocenters. The van der Waals surface area contributed by atoms with Crippen LogP contribution in [0.1, 0.15) is 53.4 Å². The Kier molecular flexibility index (Phi) is 8.49. The van der Waals surface area contributed by atoms with Crippen molar-refractivity contribution in [1.82, 2.24) is 4.98 Å². The summed E-state index contributed by atoms with van der Waals surface area (Å²) in [6.07, 6.45) is 6.22. The summed E-state index contributed by atoms with van der Waals surface area (Å²) in [5.41, 5.74) is -1.64. The largest absolute Gasteiger partial charge is 0.494 e. The quantitative estimate of drug-likeness (QED) is 0.348. The summed E-state index contributed by atoms with van der Waals surface area (Å²) in [6.45, 7) is 7.41. The second-order valence-corrected chi connectivity index (χ2v) is 16.2. The molecule has 4 aliphatic carbocycles. The molecular weight excluding hydrogens is 628 g/mol. The van der Waals surface area contributed by atoms with Gasteiger partial charge in [-0.05, 0) is 80.7 Å². The molecule has 1 heterocycles. The Hall–Kier alpha value is -2.19. The zero-order chi connectivity index (χ0) is 32.5. The molecule has 13 heteroatoms. The van der Waals surface area contributed by atoms with Crippen LogP contribution >= 0.6 is 22.9 Å². The van der Waals surface area contributed by atoms with E-state index >= 15 is 0 Å². The van der Waals surface area contributed by atoms with Gasteiger partial charge in [0.15, 0.2) is 11.6 Å². The second-order valence-electron chi connectivity index (χ2n) is 12.8. The molecule has 0 bridgehead atoms. The van der Waals surface area contributed by atoms with Gasteiger partial charge in [-0.2, -0.15) is 0 Å². The molecular formula is C31H39ClN2O8S2. The molecule has 1 aromatic carbocycles. The maximum absolute atomic E-state index is 12.6. The molecule has 44 heavy (non-hydrogen) atoms. The fourth-order valence-corrected chi connectivity index (χ4v) is 10.7. The van der Waals surface area contributed by atoms with E-state index < -0.39 is 49.8 Å². The Balaban J connectivity index is 0.000000204. The number of nitrogens with zero attached hydrogens (tertiary/aromatic N) is 1. The second kappa shape index (κ2) is 11.3. The molecule has 4 aliphatic rings. The third-order valence-corrected chi connectivity index (χ3v) is 13.9. The van der Waals surface area contributed by atoms with E-state index in [1.165, 1.54) is 6.08 Å². The van der Waals surface area contributed by atoms with E-state index in [0.717, 1.165) is 21.6 Å². The molecule has 3 saturated carbocycles. The van der Waals surface area contributed by atoms with E-state index in [1.54, 1.807) is 24.3 Å². The van der Waals surface area contributed by atoms with Crippen LogP contribution in [0, 0.1) is 28.6 Å². The number of halogens is 1. The lowest BCUT2D eigenvalue weighted by Crippen LogP contribution is -2.69. The van der Waals surface area contributed by atoms with Crippen LogP contribution in [0.5, 0.6) is 5.75 Å². The Labute approximate surface area is 266 Å². The van der Waals surface area contributed by atoms with Crippen LogP contribution in [0.2, 0.25) is 0 Å². The van der Waals surface area contributed by atoms with Crippen LogP contribution in [0.3, 0.4) is 0 Å². The van der Waals surface area contributed by atoms with E-state index in [9.17, 15) is 33.3 Å². The summed E-state index contributed by atoms with van der Waals surface area (Å²) < 4.78 is 28.2. The zero-order valence-electron chi connectivity index (χ0n) is 25.1. The highest BCUT2D eigenvalue weighted by Gasteiger charge is 2.74. The molecule has 2 aromatic rings. The number of benzene rings is 1. The van der Waals surface area contributed by atoms with Crippen molar-refractivity contribution in [2.45, 2.75) is 74.3 Å². The first-order chi connectivity index (χ1) is 20.5. The predicted octanol–water partition coefficient (Wildman–Crippen LogP) is 3.51. The van der Waals surface area contributed by atoms with Crippen molar-refractivity contribution in [3.8, 4) is 5.75 Å². The van der Waals surface area contributed by atoms with Crippen LogP contribution < -0.4 is 9.88 Å². The average molecular weight is 667 g/mol. The number of hydrogen-bond donors (Lipinski definition) is 4. The van der Waals surface area contributed by atoms with E-state index in [2.05, 4.69) is 4.98 Å². The Morgan fingerprint density at radius 1 is 1.27 bits per heavy atom. The van der Waals surface area contributed by atoms with Crippen LogP contribution in [0.25, 0.3) is 10.2 Å². The standard InChI is InChI=1S/C22H29ClO5.C9H10N2O3S2/c1-12-8-16-15-5-4-13-9-14(25)6-7-19(13,2)21(15,23)17(26)10-20(16,3)22(12,28)18(27)11-24;1-2-14-6-3-4-7-8(5-6)15-9(11-7)16(10,12)13/h6-7,9,12,15-17,24,26,28H,4-5,8,10-11H2,1-3H3;3-5H,2H2,1H3,(H2,10,12,13)/t12-,15-,16-,17-,19-,20-,21-,22-;/m0./s1. The van der Waals surface area contributed by atoms with Gasteiger partial charge < -0.3 is 20.1 Å². The summed E-state index contributed by atoms with van der Waals surface area (Å²) in [5.74, 6) is -0.454. The van der Waals surface area contributed by atoms with Crippen LogP contribution in [0.4, 0.5) is 0 Å². The Morgan fingerprint density at radius 2 is 1.98 bits per heavy atom. The molecule has 0 saturated heterocycles. The van der Waals surface area contributed by atoms with Gasteiger partial charge in [-0.3, -0.25) is 9.59 Å². The van der Waals surface area contributed by atoms with Crippen molar-refractivity contribution >= 4 is 54.7 Å². The molecule has 0 radical (unpaired) electrons. The highest BCUT2D eigenvalue weighted by atomic mass is 35.5. The third-order valence-electron chi connectivity index (χ3n) is 10.7. The predicted molar refractivity (Wildman–Crippen MR) is 167 cm³/mol. The summed E-state index contributed by atoms with van der Waals surface area (Å²) >= 11 is 8.34. The smallest absolute Gasteiger partial charge is 0.265 e. The lowest BCUT2D eigenvalue weighted by molar-refractivity contribution is -0.179. The minimum Gasteiger partial charge on any atom is -0.494 e. The van der Waals surface area contributed by atoms with Crippen molar-refractivity contribution < 1.29 is 38.1 Å². The zero-order valence-corrected chi connectivity index (χ0v) is 27.5. The third kappa shape index (κ3) is 4.80. The summed E-state index contributed by atoms with van der Waals surface area (Å²) in [6, 6.07) is 5.22. The van der Waals surface area contributed by atoms with Gasteiger partial charge >= 0.3 is 0 Å². The summed E-state index contributed by atoms with van der Waals surface area (Å²) in [5, 5.41) is 37.3. The number of aliphatic hydroxyl groups excluding tert-OH is 2. The molecule has 10 nitrogen and oxygen atoms in total. The number of nitrogens with two attached hydrogens (primary N) is 1. The van der Waals surface area contributed by atoms with Crippen molar-refractivity contribution in [2.75, 3.05) is 13.2 Å². The first kappa shape index (κ1) is 33.2. The van der Waals surface area contributed by atoms with E-state index in [0.29, 0.717) is 37.1 Å². The van der Waals surface area contributed by atoms with Crippen molar-refractivity contribution in [3.05, 3.63) is 42.0 Å². The van der Waals surface area contributed by atoms with Gasteiger partial charge in [-0.15, -0.1) is 22.9 Å². The highest BCUT2D eigenvalue weighted by Crippen LogP contribution is 2.71. The maximum Gasteiger partial charge on any atom is 0.265 e. The van der Waals surface area contributed by atoms with Gasteiger partial charge in [0.05, 0.1) is 27.8 Å². The number of carbonyl (C=O) groups excluding carboxylic acids is 2. The minimum absolute atomic E-state index is 0.0567. The minimum atomic E-state index is -3.72. The lowest BCUT2D eigenvalue weighted by Gasteiger charge is -2.63. The number of sulfonamides is 1. The summed E-state index contributed by atoms with van der Waals surface area (Å²) in [7, 11) is -3.72. The lowest BCUT2D eigenvalue weighted by atomic mass is 9.45. The first-order valence-electron chi connectivity index (χ1n) is 14.7. The molecule has 0 unspecified atom stereocenters. The number of fused-ring (bicyclic) bond motifs is 6. The number of primary sulfonamides is 1. The van der Waals surface area contributed by atoms with Crippen LogP contribution in [-0.2, 0) is 19.6 Å². The molecule has 0 aliphatic heterocycles. The topological polar surface area (TPSA) is 177 Å². The number of ketones is 2. The fraction of sp³-hybridized carbons (Fsp3) is 0.581. The van der Waals surface area contributed by atoms with Crippen molar-refractivity contribution in [2.24, 2.45) is 33.7 Å². The molecule has 3 fully saturated rings. The van der Waals surface area contributed by atoms with E-state index in [1.807, 2.05) is 33.8 Å². The average Bonchev–Trinajstić information content (AvgIpc) is 3.48. The van der Waals surface area contributed by atoms with Gasteiger partial charge in [0.25, 0.3) is 10.0 Å². The highest BCUT2D eigenvalue weighted by molar-refractivity contribution is 7.91. The van der Waals surface area contributed by atoms with Gasteiger partial charge in [0.1, 0.15) is 18.0 Å². The van der Waals surface area contributed by atoms with E-state index in [4.69, 9.17) is 21.5 Å². The van der Waals surface area contributed by atoms with Crippen LogP contribution in [0.15, 0.2) is 46.3 Å². The molecule has 6 rings (SSSR count). The number of hydrogen-bond acceptors (Lipinski definition) is 10. The SMILES string of the molecule is CCOc1ccc2nc(S(N)(=O)=O)sc2c1.C[C@H]1C[C@H]2[C@@H]3CCC4=CC(=O)C=C[C@]4(C)[C@@]3(Cl)[C@@H](O)C[C@]2(C)[C@@]1(O)C(=O)CO. The number of allylic oxidation sites excluding steroid dienone is 4. The number of ether oxygens (including phenoxy) is 1. The summed E-state index contributed by atoms with van der Waals surface area (Å²) in [4.78, 5) is 27.4. The number of alkyl halides is 1. The number of carbonyl (C=O) groups is 2. The monoisotopic (exact) mass is 666 g/mol. The molecule has 240 valence electrons. The van der Waals surface area contributed by atoms with Gasteiger partial charge in [-0.25, -0.2) is 18.5 Å². The van der Waals surface area contributed by atoms with Gasteiger partial charge in [0, 0.05) is 10.8 Å². The first-order valence-corrected chi connectivity index (χ1v) is 17.4. The van der Waals surface area contributed by atoms with Crippen molar-refractivity contribution in [3.63, 3.8) is 0 Å². The number of Topliss-reactive ketones (excluding diaryl/α,β-unsaturated/α-hetero) is 1. The molecule has 5 N–H and O–H groups in total. The maximum atomic E-state index is 12.6. The number of aliphatic hydroxyl groups is 3. The number of thiazole rings is 1. The van der Waals surface area contributed by atoms with Gasteiger partial charge in [0.2, 0.25) is 4.34 Å². The Morgan fingerprint density at radius 3 is 2.61 bits per heavy atom. The Bertz CT molecular complexity index is 1670. The fourth-order valence-electron chi connectivity index (χ4n) is 8.52.